The van der Waals surface area contributed by atoms with Crippen LogP contribution in [0.4, 0.5) is 0 Å². The maximum absolute atomic E-state index is 11.5. The first-order chi connectivity index (χ1) is 8.17. The Morgan fingerprint density at radius 2 is 1.88 bits per heavy atom. The summed E-state index contributed by atoms with van der Waals surface area (Å²) in [4.78, 5) is 26.7. The largest absolute Gasteiger partial charge is 0.375 e. The summed E-state index contributed by atoms with van der Waals surface area (Å²) in [6, 6.07) is 0. The third-order valence-electron chi connectivity index (χ3n) is 2.73. The van der Waals surface area contributed by atoms with Crippen molar-refractivity contribution < 1.29 is 14.3 Å². The Hall–Kier alpha value is -1.14. The highest BCUT2D eigenvalue weighted by Gasteiger charge is 2.21. The topological polar surface area (TPSA) is 61.9 Å². The van der Waals surface area contributed by atoms with E-state index in [1.165, 1.54) is 7.11 Å². The molecule has 0 atom stereocenters. The minimum Gasteiger partial charge on any atom is -0.375 e. The van der Waals surface area contributed by atoms with Crippen molar-refractivity contribution in [1.82, 2.24) is 15.1 Å². The van der Waals surface area contributed by atoms with E-state index >= 15 is 0 Å². The molecule has 0 aromatic heterocycles. The van der Waals surface area contributed by atoms with E-state index in [0.29, 0.717) is 26.2 Å². The van der Waals surface area contributed by atoms with Gasteiger partial charge in [0.15, 0.2) is 0 Å². The van der Waals surface area contributed by atoms with E-state index in [-0.39, 0.29) is 18.4 Å². The second-order valence-corrected chi connectivity index (χ2v) is 4.04. The normalized spacial score (nSPS) is 16.9. The van der Waals surface area contributed by atoms with Crippen LogP contribution in [0.2, 0.25) is 0 Å². The Labute approximate surface area is 102 Å². The van der Waals surface area contributed by atoms with Gasteiger partial charge in [-0.2, -0.15) is 0 Å². The molecule has 0 spiro atoms. The summed E-state index contributed by atoms with van der Waals surface area (Å²) in [6.07, 6.45) is 0. The molecule has 1 rings (SSSR count). The lowest BCUT2D eigenvalue weighted by molar-refractivity contribution is -0.137. The average Bonchev–Trinajstić information content (AvgIpc) is 2.30. The monoisotopic (exact) mass is 243 g/mol. The molecule has 1 aliphatic heterocycles. The number of methoxy groups -OCH3 is 1. The molecule has 98 valence electrons. The molecule has 0 bridgehead atoms. The fraction of sp³-hybridized carbons (Fsp3) is 0.818. The van der Waals surface area contributed by atoms with Crippen LogP contribution in [0.15, 0.2) is 0 Å². The second kappa shape index (κ2) is 7.24. The van der Waals surface area contributed by atoms with Gasteiger partial charge in [0.05, 0.1) is 6.54 Å². The van der Waals surface area contributed by atoms with E-state index in [2.05, 4.69) is 10.2 Å². The van der Waals surface area contributed by atoms with Gasteiger partial charge in [-0.05, 0) is 6.92 Å². The number of nitrogens with zero attached hydrogens (tertiary/aromatic N) is 2. The summed E-state index contributed by atoms with van der Waals surface area (Å²) in [5.41, 5.74) is 0. The Bertz CT molecular complexity index is 263. The zero-order valence-corrected chi connectivity index (χ0v) is 10.6. The zero-order chi connectivity index (χ0) is 12.7. The van der Waals surface area contributed by atoms with Crippen molar-refractivity contribution in [3.8, 4) is 0 Å². The van der Waals surface area contributed by atoms with Crippen LogP contribution in [-0.2, 0) is 14.3 Å². The number of piperazine rings is 1. The van der Waals surface area contributed by atoms with Crippen molar-refractivity contribution in [2.75, 3.05) is 53.0 Å². The molecule has 1 fully saturated rings. The Morgan fingerprint density at radius 3 is 2.41 bits per heavy atom. The molecule has 0 unspecified atom stereocenters. The van der Waals surface area contributed by atoms with Gasteiger partial charge in [-0.25, -0.2) is 0 Å². The summed E-state index contributed by atoms with van der Waals surface area (Å²) in [5.74, 6) is 0.0642. The molecule has 1 N–H and O–H groups in total. The number of carbonyl (C=O) groups is 2. The van der Waals surface area contributed by atoms with Crippen molar-refractivity contribution in [2.45, 2.75) is 6.92 Å². The fourth-order valence-corrected chi connectivity index (χ4v) is 1.83. The second-order valence-electron chi connectivity index (χ2n) is 4.04. The molecular formula is C11H21N3O3. The highest BCUT2D eigenvalue weighted by Crippen LogP contribution is 2.01. The number of likely N-dealkylation sites (N-methyl/N-ethyl adjacent to an activating group) is 1. The predicted octanol–water partition coefficient (Wildman–Crippen LogP) is -1.09. The number of ether oxygens (including phenoxy) is 1. The lowest BCUT2D eigenvalue weighted by atomic mass is 10.3. The number of hydrogen-bond donors (Lipinski definition) is 1. The third kappa shape index (κ3) is 4.70. The quantitative estimate of drug-likeness (QED) is 0.667. The zero-order valence-electron chi connectivity index (χ0n) is 10.6. The average molecular weight is 243 g/mol. The third-order valence-corrected chi connectivity index (χ3v) is 2.73. The van der Waals surface area contributed by atoms with E-state index in [9.17, 15) is 9.59 Å². The summed E-state index contributed by atoms with van der Waals surface area (Å²) < 4.78 is 4.81. The number of hydrogen-bond acceptors (Lipinski definition) is 4. The van der Waals surface area contributed by atoms with Crippen LogP contribution in [0.1, 0.15) is 6.92 Å². The standard InChI is InChI=1S/C11H21N3O3/c1-3-12-10(15)8-13-4-6-14(7-5-13)11(16)9-17-2/h3-9H2,1-2H3,(H,12,15). The highest BCUT2D eigenvalue weighted by molar-refractivity contribution is 5.78. The first-order valence-electron chi connectivity index (χ1n) is 5.93. The van der Waals surface area contributed by atoms with Crippen molar-refractivity contribution >= 4 is 11.8 Å². The first-order valence-corrected chi connectivity index (χ1v) is 5.93. The summed E-state index contributed by atoms with van der Waals surface area (Å²) >= 11 is 0. The molecule has 1 aliphatic rings. The summed E-state index contributed by atoms with van der Waals surface area (Å²) in [5, 5.41) is 2.77. The number of carbonyl (C=O) groups excluding carboxylic acids is 2. The molecule has 6 nitrogen and oxygen atoms in total. The van der Waals surface area contributed by atoms with Crippen molar-refractivity contribution in [2.24, 2.45) is 0 Å². The molecule has 0 aliphatic carbocycles. The SMILES string of the molecule is CCNC(=O)CN1CCN(C(=O)COC)CC1. The Kier molecular flexibility index (Phi) is 5.93. The van der Waals surface area contributed by atoms with Gasteiger partial charge in [-0.15, -0.1) is 0 Å². The lowest BCUT2D eigenvalue weighted by Gasteiger charge is -2.34. The molecule has 2 amide bonds. The van der Waals surface area contributed by atoms with E-state index < -0.39 is 0 Å². The number of rotatable bonds is 5. The molecule has 0 radical (unpaired) electrons. The molecule has 0 aromatic rings. The van der Waals surface area contributed by atoms with Gasteiger partial charge in [0.2, 0.25) is 11.8 Å². The molecule has 0 aromatic carbocycles. The van der Waals surface area contributed by atoms with Crippen LogP contribution in [0, 0.1) is 0 Å². The van der Waals surface area contributed by atoms with Crippen molar-refractivity contribution in [3.05, 3.63) is 0 Å². The maximum atomic E-state index is 11.5. The van der Waals surface area contributed by atoms with Crippen LogP contribution in [0.25, 0.3) is 0 Å². The van der Waals surface area contributed by atoms with E-state index in [4.69, 9.17) is 4.74 Å². The summed E-state index contributed by atoms with van der Waals surface area (Å²) in [7, 11) is 1.52. The molecule has 6 heteroatoms. The minimum absolute atomic E-state index is 0.0187. The molecular weight excluding hydrogens is 222 g/mol. The first kappa shape index (κ1) is 13.9. The van der Waals surface area contributed by atoms with Gasteiger partial charge in [0, 0.05) is 39.8 Å². The van der Waals surface area contributed by atoms with Gasteiger partial charge >= 0.3 is 0 Å². The predicted molar refractivity (Wildman–Crippen MR) is 63.6 cm³/mol. The van der Waals surface area contributed by atoms with Crippen LogP contribution in [0.5, 0.6) is 0 Å². The van der Waals surface area contributed by atoms with Gasteiger partial charge < -0.3 is 15.0 Å². The maximum Gasteiger partial charge on any atom is 0.248 e. The lowest BCUT2D eigenvalue weighted by Crippen LogP contribution is -2.51. The van der Waals surface area contributed by atoms with Crippen molar-refractivity contribution in [1.29, 1.82) is 0 Å². The highest BCUT2D eigenvalue weighted by atomic mass is 16.5. The van der Waals surface area contributed by atoms with Crippen LogP contribution < -0.4 is 5.32 Å². The minimum atomic E-state index is 0.0187. The molecule has 0 saturated carbocycles. The molecule has 17 heavy (non-hydrogen) atoms. The van der Waals surface area contributed by atoms with E-state index in [1.54, 1.807) is 4.90 Å². The van der Waals surface area contributed by atoms with E-state index in [1.807, 2.05) is 6.92 Å². The number of nitrogens with one attached hydrogen (secondary N) is 1. The van der Waals surface area contributed by atoms with Gasteiger partial charge in [-0.1, -0.05) is 0 Å². The van der Waals surface area contributed by atoms with E-state index in [0.717, 1.165) is 13.1 Å². The Morgan fingerprint density at radius 1 is 1.24 bits per heavy atom. The summed E-state index contributed by atoms with van der Waals surface area (Å²) in [6.45, 7) is 5.93. The fourth-order valence-electron chi connectivity index (χ4n) is 1.83. The van der Waals surface area contributed by atoms with Crippen LogP contribution in [-0.4, -0.2) is 74.6 Å². The molecule has 1 saturated heterocycles. The smallest absolute Gasteiger partial charge is 0.248 e. The van der Waals surface area contributed by atoms with Crippen molar-refractivity contribution in [3.63, 3.8) is 0 Å². The molecule has 1 heterocycles. The Balaban J connectivity index is 2.26. The van der Waals surface area contributed by atoms with Crippen LogP contribution in [0.3, 0.4) is 0 Å². The number of amides is 2. The van der Waals surface area contributed by atoms with Gasteiger partial charge in [0.25, 0.3) is 0 Å². The van der Waals surface area contributed by atoms with Gasteiger partial charge in [0.1, 0.15) is 6.61 Å². The van der Waals surface area contributed by atoms with Crippen LogP contribution >= 0.6 is 0 Å². The van der Waals surface area contributed by atoms with Gasteiger partial charge in [-0.3, -0.25) is 14.5 Å².